The molecule has 2 aromatic rings. The van der Waals surface area contributed by atoms with Gasteiger partial charge in [0.15, 0.2) is 0 Å². The Morgan fingerprint density at radius 1 is 1.06 bits per heavy atom. The third-order valence-electron chi connectivity index (χ3n) is 6.06. The van der Waals surface area contributed by atoms with Gasteiger partial charge in [0.1, 0.15) is 11.6 Å². The summed E-state index contributed by atoms with van der Waals surface area (Å²) in [5, 5.41) is 16.9. The zero-order valence-corrected chi connectivity index (χ0v) is 18.8. The first-order chi connectivity index (χ1) is 14.7. The van der Waals surface area contributed by atoms with Crippen molar-refractivity contribution in [1.29, 1.82) is 0 Å². The number of hydrogen-bond acceptors (Lipinski definition) is 4. The molecule has 0 spiro atoms. The van der Waals surface area contributed by atoms with E-state index in [0.29, 0.717) is 12.8 Å². The highest BCUT2D eigenvalue weighted by Crippen LogP contribution is 2.31. The Morgan fingerprint density at radius 3 is 2.35 bits per heavy atom. The molecule has 0 radical (unpaired) electrons. The van der Waals surface area contributed by atoms with Crippen LogP contribution in [-0.4, -0.2) is 39.7 Å². The smallest absolute Gasteiger partial charge is 0.326 e. The van der Waals surface area contributed by atoms with E-state index in [-0.39, 0.29) is 18.2 Å². The Morgan fingerprint density at radius 2 is 1.71 bits per heavy atom. The van der Waals surface area contributed by atoms with Crippen LogP contribution in [0.15, 0.2) is 42.5 Å². The molecule has 2 amide bonds. The van der Waals surface area contributed by atoms with Gasteiger partial charge in [-0.15, -0.1) is 0 Å². The topological polar surface area (TPSA) is 95.5 Å². The maximum atomic E-state index is 13.2. The molecule has 0 heterocycles. The maximum Gasteiger partial charge on any atom is 0.326 e. The first-order valence-electron chi connectivity index (χ1n) is 10.7. The fourth-order valence-corrected chi connectivity index (χ4v) is 4.25. The summed E-state index contributed by atoms with van der Waals surface area (Å²) in [5.74, 6) is -1.82. The number of amides is 2. The fraction of sp³-hybridized carbons (Fsp3) is 0.458. The zero-order valence-electron chi connectivity index (χ0n) is 17.9. The number of carbonyl (C=O) groups excluding carboxylic acids is 2. The van der Waals surface area contributed by atoms with Crippen molar-refractivity contribution in [2.75, 3.05) is 0 Å². The van der Waals surface area contributed by atoms with E-state index < -0.39 is 28.7 Å². The second-order valence-electron chi connectivity index (χ2n) is 8.67. The van der Waals surface area contributed by atoms with E-state index in [1.165, 1.54) is 0 Å². The average Bonchev–Trinajstić information content (AvgIpc) is 3.22. The monoisotopic (exact) mass is 442 g/mol. The summed E-state index contributed by atoms with van der Waals surface area (Å²) in [6.45, 7) is 3.78. The van der Waals surface area contributed by atoms with E-state index in [1.807, 2.05) is 56.3 Å². The number of aliphatic carboxylic acids is 1. The van der Waals surface area contributed by atoms with Crippen molar-refractivity contribution in [2.45, 2.75) is 62.8 Å². The van der Waals surface area contributed by atoms with E-state index in [1.54, 1.807) is 0 Å². The Balaban J connectivity index is 1.80. The van der Waals surface area contributed by atoms with Crippen molar-refractivity contribution in [3.05, 3.63) is 48.0 Å². The van der Waals surface area contributed by atoms with E-state index >= 15 is 0 Å². The van der Waals surface area contributed by atoms with Gasteiger partial charge in [0.2, 0.25) is 11.8 Å². The minimum absolute atomic E-state index is 0.0166. The Labute approximate surface area is 188 Å². The first kappa shape index (κ1) is 23.1. The largest absolute Gasteiger partial charge is 0.480 e. The van der Waals surface area contributed by atoms with Crippen LogP contribution in [0, 0.1) is 5.92 Å². The summed E-state index contributed by atoms with van der Waals surface area (Å²) in [6.07, 6.45) is 2.74. The molecule has 2 aromatic carbocycles. The minimum Gasteiger partial charge on any atom is -0.480 e. The summed E-state index contributed by atoms with van der Waals surface area (Å²) in [7, 11) is 0. The third kappa shape index (κ3) is 5.21. The van der Waals surface area contributed by atoms with Gasteiger partial charge in [-0.05, 0) is 35.1 Å². The highest BCUT2D eigenvalue weighted by atomic mass is 32.1. The molecule has 3 N–H and O–H groups in total. The van der Waals surface area contributed by atoms with E-state index in [2.05, 4.69) is 23.3 Å². The van der Waals surface area contributed by atoms with Gasteiger partial charge >= 0.3 is 5.97 Å². The molecule has 7 heteroatoms. The van der Waals surface area contributed by atoms with Crippen molar-refractivity contribution in [3.8, 4) is 0 Å². The van der Waals surface area contributed by atoms with Crippen LogP contribution in [0.5, 0.6) is 0 Å². The molecule has 31 heavy (non-hydrogen) atoms. The van der Waals surface area contributed by atoms with Crippen molar-refractivity contribution >= 4 is 41.2 Å². The summed E-state index contributed by atoms with van der Waals surface area (Å²) in [4.78, 5) is 37.9. The molecule has 1 fully saturated rings. The molecule has 1 aliphatic carbocycles. The molecule has 6 nitrogen and oxygen atoms in total. The van der Waals surface area contributed by atoms with Crippen molar-refractivity contribution in [2.24, 2.45) is 5.92 Å². The quantitative estimate of drug-likeness (QED) is 0.472. The van der Waals surface area contributed by atoms with Crippen molar-refractivity contribution < 1.29 is 19.5 Å². The fourth-order valence-electron chi connectivity index (χ4n) is 4.19. The number of carbonyl (C=O) groups is 3. The highest BCUT2D eigenvalue weighted by Gasteiger charge is 2.44. The number of fused-ring (bicyclic) bond motifs is 1. The van der Waals surface area contributed by atoms with E-state index in [4.69, 9.17) is 0 Å². The zero-order chi connectivity index (χ0) is 22.6. The van der Waals surface area contributed by atoms with Gasteiger partial charge in [-0.1, -0.05) is 69.2 Å². The lowest BCUT2D eigenvalue weighted by Gasteiger charge is -2.32. The molecule has 3 rings (SSSR count). The van der Waals surface area contributed by atoms with Gasteiger partial charge in [0.05, 0.1) is 5.25 Å². The molecule has 1 saturated carbocycles. The van der Waals surface area contributed by atoms with Crippen LogP contribution in [-0.2, 0) is 20.8 Å². The predicted octanol–water partition coefficient (Wildman–Crippen LogP) is 3.34. The lowest BCUT2D eigenvalue weighted by atomic mass is 9.93. The number of carboxylic acid groups (broad SMARTS) is 1. The van der Waals surface area contributed by atoms with Crippen LogP contribution < -0.4 is 10.6 Å². The van der Waals surface area contributed by atoms with E-state index in [0.717, 1.165) is 29.2 Å². The normalized spacial score (nSPS) is 17.3. The van der Waals surface area contributed by atoms with Crippen LogP contribution in [0.25, 0.3) is 10.8 Å². The second kappa shape index (κ2) is 9.73. The van der Waals surface area contributed by atoms with Gasteiger partial charge in [-0.2, -0.15) is 12.6 Å². The van der Waals surface area contributed by atoms with Crippen LogP contribution in [0.4, 0.5) is 0 Å². The maximum absolute atomic E-state index is 13.2. The van der Waals surface area contributed by atoms with E-state index in [9.17, 15) is 19.5 Å². The molecule has 0 aliphatic heterocycles. The van der Waals surface area contributed by atoms with Gasteiger partial charge < -0.3 is 15.7 Å². The van der Waals surface area contributed by atoms with Crippen LogP contribution in [0.2, 0.25) is 0 Å². The molecule has 0 bridgehead atoms. The number of nitrogens with one attached hydrogen (secondary N) is 2. The van der Waals surface area contributed by atoms with Crippen LogP contribution in [0.1, 0.15) is 45.1 Å². The Kier molecular flexibility index (Phi) is 7.26. The molecular weight excluding hydrogens is 412 g/mol. The standard InChI is InChI=1S/C24H30N2O4S/c1-15(2)20(31)21(27)26-24(12-5-6-13-24)23(30)25-19(22(28)29)14-17-10-7-9-16-8-3-4-11-18(16)17/h3-4,7-11,15,19-20,31H,5-6,12-14H2,1-2H3,(H,25,30)(H,26,27)(H,28,29)/t19-,20-/m1/s1. The summed E-state index contributed by atoms with van der Waals surface area (Å²) in [6, 6.07) is 12.4. The Hall–Kier alpha value is -2.54. The molecule has 166 valence electrons. The van der Waals surface area contributed by atoms with Gasteiger partial charge in [-0.3, -0.25) is 9.59 Å². The van der Waals surface area contributed by atoms with Crippen LogP contribution in [0.3, 0.4) is 0 Å². The first-order valence-corrected chi connectivity index (χ1v) is 11.3. The second-order valence-corrected chi connectivity index (χ2v) is 9.23. The molecule has 0 unspecified atom stereocenters. The highest BCUT2D eigenvalue weighted by molar-refractivity contribution is 7.81. The predicted molar refractivity (Wildman–Crippen MR) is 124 cm³/mol. The van der Waals surface area contributed by atoms with Gasteiger partial charge in [0, 0.05) is 6.42 Å². The number of carboxylic acids is 1. The van der Waals surface area contributed by atoms with Crippen LogP contribution >= 0.6 is 12.6 Å². The van der Waals surface area contributed by atoms with Crippen molar-refractivity contribution in [1.82, 2.24) is 10.6 Å². The SMILES string of the molecule is CC(C)[C@@H](S)C(=O)NC1(C(=O)N[C@H](Cc2cccc3ccccc23)C(=O)O)CCCC1. The molecule has 2 atom stereocenters. The summed E-state index contributed by atoms with van der Waals surface area (Å²) in [5.41, 5.74) is -0.232. The van der Waals surface area contributed by atoms with Gasteiger partial charge in [0.25, 0.3) is 0 Å². The number of thiol groups is 1. The molecule has 1 aliphatic rings. The number of rotatable bonds is 8. The number of hydrogen-bond donors (Lipinski definition) is 4. The lowest BCUT2D eigenvalue weighted by Crippen LogP contribution is -2.61. The molecule has 0 aromatic heterocycles. The third-order valence-corrected chi connectivity index (χ3v) is 6.89. The lowest BCUT2D eigenvalue weighted by molar-refractivity contribution is -0.143. The summed E-state index contributed by atoms with van der Waals surface area (Å²) < 4.78 is 0. The van der Waals surface area contributed by atoms with Gasteiger partial charge in [-0.25, -0.2) is 4.79 Å². The Bertz CT molecular complexity index is 964. The number of benzene rings is 2. The summed E-state index contributed by atoms with van der Waals surface area (Å²) >= 11 is 4.36. The minimum atomic E-state index is -1.10. The molecular formula is C24H30N2O4S. The van der Waals surface area contributed by atoms with Crippen molar-refractivity contribution in [3.63, 3.8) is 0 Å². The average molecular weight is 443 g/mol. The molecule has 0 saturated heterocycles.